The summed E-state index contributed by atoms with van der Waals surface area (Å²) in [5.41, 5.74) is 0.755. The smallest absolute Gasteiger partial charge is 0.260 e. The first-order chi connectivity index (χ1) is 10.9. The van der Waals surface area contributed by atoms with Gasteiger partial charge in [0.1, 0.15) is 12.1 Å². The number of imide groups is 1. The van der Waals surface area contributed by atoms with E-state index in [-0.39, 0.29) is 12.0 Å². The molecule has 23 heavy (non-hydrogen) atoms. The molecule has 7 heteroatoms. The van der Waals surface area contributed by atoms with E-state index in [1.54, 1.807) is 20.9 Å². The van der Waals surface area contributed by atoms with Gasteiger partial charge in [-0.25, -0.2) is 4.39 Å². The molecule has 0 aliphatic carbocycles. The highest BCUT2D eigenvalue weighted by molar-refractivity contribution is 6.01. The molecule has 1 N–H and O–H groups in total. The molecule has 3 amide bonds. The second-order valence-electron chi connectivity index (χ2n) is 4.78. The van der Waals surface area contributed by atoms with Gasteiger partial charge in [0.2, 0.25) is 12.8 Å². The van der Waals surface area contributed by atoms with Gasteiger partial charge in [0, 0.05) is 25.1 Å². The largest absolute Gasteiger partial charge is 0.362 e. The first-order valence-electron chi connectivity index (χ1n) is 7.01. The Morgan fingerprint density at radius 3 is 2.43 bits per heavy atom. The van der Waals surface area contributed by atoms with E-state index in [2.05, 4.69) is 5.32 Å². The van der Waals surface area contributed by atoms with Gasteiger partial charge in [-0.15, -0.1) is 0 Å². The maximum Gasteiger partial charge on any atom is 0.260 e. The van der Waals surface area contributed by atoms with E-state index in [9.17, 15) is 18.8 Å². The molecule has 126 valence electrons. The van der Waals surface area contributed by atoms with E-state index >= 15 is 0 Å². The van der Waals surface area contributed by atoms with Crippen LogP contribution in [0.2, 0.25) is 0 Å². The molecule has 0 heterocycles. The van der Waals surface area contributed by atoms with Gasteiger partial charge in [-0.05, 0) is 38.0 Å². The molecule has 0 bridgehead atoms. The van der Waals surface area contributed by atoms with Crippen molar-refractivity contribution in [3.63, 3.8) is 0 Å². The Hall–Kier alpha value is -2.57. The molecule has 1 aromatic rings. The number of hydrogen-bond donors (Lipinski definition) is 1. The van der Waals surface area contributed by atoms with Gasteiger partial charge in [0.25, 0.3) is 5.91 Å². The predicted octanol–water partition coefficient (Wildman–Crippen LogP) is 1.46. The third-order valence-corrected chi connectivity index (χ3v) is 3.07. The third kappa shape index (κ3) is 6.82. The van der Waals surface area contributed by atoms with Crippen molar-refractivity contribution < 1.29 is 23.6 Å². The van der Waals surface area contributed by atoms with Crippen LogP contribution in [0.25, 0.3) is 0 Å². The summed E-state index contributed by atoms with van der Waals surface area (Å²) in [7, 11) is 1.56. The van der Waals surface area contributed by atoms with Gasteiger partial charge in [0.15, 0.2) is 0 Å². The lowest BCUT2D eigenvalue weighted by atomic mass is 10.1. The molecular formula is C16H21FN2O4. The molecule has 0 saturated carbocycles. The van der Waals surface area contributed by atoms with Crippen molar-refractivity contribution in [3.05, 3.63) is 35.1 Å². The molecule has 1 aromatic carbocycles. The Labute approximate surface area is 134 Å². The monoisotopic (exact) mass is 324 g/mol. The van der Waals surface area contributed by atoms with Crippen LogP contribution in [-0.2, 0) is 14.4 Å². The predicted molar refractivity (Wildman–Crippen MR) is 83.3 cm³/mol. The fourth-order valence-electron chi connectivity index (χ4n) is 1.76. The van der Waals surface area contributed by atoms with Crippen molar-refractivity contribution in [2.75, 3.05) is 7.05 Å². The van der Waals surface area contributed by atoms with Crippen LogP contribution in [0.15, 0.2) is 18.2 Å². The molecule has 6 nitrogen and oxygen atoms in total. The number of carbonyl (C=O) groups is 4. The van der Waals surface area contributed by atoms with Gasteiger partial charge < -0.3 is 10.1 Å². The van der Waals surface area contributed by atoms with E-state index in [4.69, 9.17) is 4.79 Å². The molecule has 0 aromatic heterocycles. The Morgan fingerprint density at radius 2 is 1.96 bits per heavy atom. The molecule has 0 aliphatic heterocycles. The fraction of sp³-hybridized carbons (Fsp3) is 0.375. The number of halogens is 1. The van der Waals surface area contributed by atoms with Crippen molar-refractivity contribution in [3.8, 4) is 0 Å². The molecule has 0 fully saturated rings. The average molecular weight is 324 g/mol. The minimum atomic E-state index is -0.551. The number of hydrogen-bond acceptors (Lipinski definition) is 4. The Kier molecular flexibility index (Phi) is 9.82. The van der Waals surface area contributed by atoms with Crippen molar-refractivity contribution in [1.29, 1.82) is 0 Å². The summed E-state index contributed by atoms with van der Waals surface area (Å²) >= 11 is 0. The second kappa shape index (κ2) is 11.1. The summed E-state index contributed by atoms with van der Waals surface area (Å²) in [6.07, 6.45) is 2.43. The summed E-state index contributed by atoms with van der Waals surface area (Å²) in [6.45, 7) is 3.34. The number of rotatable bonds is 7. The highest BCUT2D eigenvalue weighted by Crippen LogP contribution is 2.15. The highest BCUT2D eigenvalue weighted by Gasteiger charge is 2.22. The van der Waals surface area contributed by atoms with Crippen LogP contribution in [-0.4, -0.2) is 43.0 Å². The molecule has 0 spiro atoms. The minimum Gasteiger partial charge on any atom is -0.362 e. The molecular weight excluding hydrogens is 303 g/mol. The standard InChI is InChI=1S/C14H16FNO3.C2H5NO/c1-10-5-6-12(15)8-13(10)14(19)16(9-18)11(2)4-3-7-17;1-3-2-4/h5-9,11H,3-4H2,1-2H3;2H,1H3,(H,3,4). The Balaban J connectivity index is 0.00000108. The lowest BCUT2D eigenvalue weighted by Crippen LogP contribution is -2.38. The van der Waals surface area contributed by atoms with Crippen LogP contribution >= 0.6 is 0 Å². The summed E-state index contributed by atoms with van der Waals surface area (Å²) in [6, 6.07) is 3.45. The normalized spacial score (nSPS) is 10.6. The molecule has 1 atom stereocenters. The van der Waals surface area contributed by atoms with Crippen LogP contribution < -0.4 is 5.32 Å². The van der Waals surface area contributed by atoms with Gasteiger partial charge in [-0.3, -0.25) is 19.3 Å². The molecule has 1 unspecified atom stereocenters. The Bertz CT molecular complexity index is 549. The summed E-state index contributed by atoms with van der Waals surface area (Å²) in [5.74, 6) is -1.08. The van der Waals surface area contributed by atoms with Crippen molar-refractivity contribution in [1.82, 2.24) is 10.2 Å². The van der Waals surface area contributed by atoms with Crippen LogP contribution in [0.4, 0.5) is 4.39 Å². The summed E-state index contributed by atoms with van der Waals surface area (Å²) in [4.78, 5) is 43.6. The van der Waals surface area contributed by atoms with E-state index in [1.165, 1.54) is 12.1 Å². The summed E-state index contributed by atoms with van der Waals surface area (Å²) in [5, 5.41) is 2.25. The van der Waals surface area contributed by atoms with Crippen molar-refractivity contribution in [2.45, 2.75) is 32.7 Å². The van der Waals surface area contributed by atoms with Gasteiger partial charge in [-0.2, -0.15) is 0 Å². The topological polar surface area (TPSA) is 83.6 Å². The van der Waals surface area contributed by atoms with Crippen LogP contribution in [0.1, 0.15) is 35.7 Å². The second-order valence-corrected chi connectivity index (χ2v) is 4.78. The zero-order chi connectivity index (χ0) is 17.8. The number of aldehydes is 1. The Morgan fingerprint density at radius 1 is 1.35 bits per heavy atom. The first-order valence-corrected chi connectivity index (χ1v) is 7.01. The number of aryl methyl sites for hydroxylation is 1. The molecule has 1 rings (SSSR count). The number of benzene rings is 1. The van der Waals surface area contributed by atoms with E-state index in [1.807, 2.05) is 0 Å². The quantitative estimate of drug-likeness (QED) is 0.770. The SMILES string of the molecule is CNC=O.Cc1ccc(F)cc1C(=O)N(C=O)C(C)CCC=O. The third-order valence-electron chi connectivity index (χ3n) is 3.07. The highest BCUT2D eigenvalue weighted by atomic mass is 19.1. The summed E-state index contributed by atoms with van der Waals surface area (Å²) < 4.78 is 13.2. The number of nitrogens with zero attached hydrogens (tertiary/aromatic N) is 1. The molecule has 0 saturated heterocycles. The van der Waals surface area contributed by atoms with Gasteiger partial charge >= 0.3 is 0 Å². The van der Waals surface area contributed by atoms with E-state index in [0.717, 1.165) is 17.3 Å². The lowest BCUT2D eigenvalue weighted by Gasteiger charge is -2.23. The maximum absolute atomic E-state index is 13.2. The fourth-order valence-corrected chi connectivity index (χ4v) is 1.76. The zero-order valence-corrected chi connectivity index (χ0v) is 13.4. The zero-order valence-electron chi connectivity index (χ0n) is 13.4. The van der Waals surface area contributed by atoms with Crippen molar-refractivity contribution >= 4 is 25.0 Å². The minimum absolute atomic E-state index is 0.157. The van der Waals surface area contributed by atoms with Crippen LogP contribution in [0.5, 0.6) is 0 Å². The van der Waals surface area contributed by atoms with Crippen molar-refractivity contribution in [2.24, 2.45) is 0 Å². The molecule has 0 radical (unpaired) electrons. The van der Waals surface area contributed by atoms with Crippen LogP contribution in [0.3, 0.4) is 0 Å². The average Bonchev–Trinajstić information content (AvgIpc) is 2.55. The van der Waals surface area contributed by atoms with E-state index in [0.29, 0.717) is 24.8 Å². The molecule has 0 aliphatic rings. The first kappa shape index (κ1) is 20.4. The number of nitrogens with one attached hydrogen (secondary N) is 1. The lowest BCUT2D eigenvalue weighted by molar-refractivity contribution is -0.118. The maximum atomic E-state index is 13.2. The number of carbonyl (C=O) groups excluding carboxylic acids is 4. The van der Waals surface area contributed by atoms with Crippen LogP contribution in [0, 0.1) is 12.7 Å². The van der Waals surface area contributed by atoms with Gasteiger partial charge in [-0.1, -0.05) is 6.07 Å². The van der Waals surface area contributed by atoms with E-state index < -0.39 is 17.8 Å². The van der Waals surface area contributed by atoms with Gasteiger partial charge in [0.05, 0.1) is 0 Å². The number of amides is 3.